The molecule has 0 radical (unpaired) electrons. The van der Waals surface area contributed by atoms with Crippen LogP contribution in [-0.4, -0.2) is 25.8 Å². The second-order valence-corrected chi connectivity index (χ2v) is 6.96. The van der Waals surface area contributed by atoms with Gasteiger partial charge in [-0.2, -0.15) is 4.31 Å². The molecule has 0 aliphatic carbocycles. The highest BCUT2D eigenvalue weighted by molar-refractivity contribution is 9.10. The number of thiophene rings is 1. The van der Waals surface area contributed by atoms with Crippen molar-refractivity contribution in [2.45, 2.75) is 24.5 Å². The van der Waals surface area contributed by atoms with Gasteiger partial charge in [-0.1, -0.05) is 13.8 Å². The number of sulfonamides is 1. The number of halogens is 1. The zero-order chi connectivity index (χ0) is 11.5. The average Bonchev–Trinajstić information content (AvgIpc) is 2.61. The molecule has 0 saturated heterocycles. The molecule has 1 aromatic rings. The van der Waals surface area contributed by atoms with Gasteiger partial charge in [-0.25, -0.2) is 8.42 Å². The molecule has 1 rings (SSSR count). The number of hydrogen-bond acceptors (Lipinski definition) is 3. The van der Waals surface area contributed by atoms with E-state index in [-0.39, 0.29) is 0 Å². The monoisotopic (exact) mass is 311 g/mol. The highest BCUT2D eigenvalue weighted by Gasteiger charge is 2.25. The SMILES string of the molecule is CCCN(CC)S(=O)(=O)c1sccc1Br. The highest BCUT2D eigenvalue weighted by Crippen LogP contribution is 2.30. The van der Waals surface area contributed by atoms with Crippen LogP contribution in [0.4, 0.5) is 0 Å². The molecule has 0 N–H and O–H groups in total. The minimum atomic E-state index is -3.30. The lowest BCUT2D eigenvalue weighted by Crippen LogP contribution is -2.31. The molecule has 0 amide bonds. The second kappa shape index (κ2) is 5.43. The van der Waals surface area contributed by atoms with E-state index in [9.17, 15) is 8.42 Å². The van der Waals surface area contributed by atoms with Gasteiger partial charge in [0.2, 0.25) is 0 Å². The van der Waals surface area contributed by atoms with Gasteiger partial charge < -0.3 is 0 Å². The Kier molecular flexibility index (Phi) is 4.76. The van der Waals surface area contributed by atoms with Gasteiger partial charge >= 0.3 is 0 Å². The predicted molar refractivity (Wildman–Crippen MR) is 66.7 cm³/mol. The summed E-state index contributed by atoms with van der Waals surface area (Å²) >= 11 is 4.50. The molecule has 3 nitrogen and oxygen atoms in total. The van der Waals surface area contributed by atoms with Crippen molar-refractivity contribution >= 4 is 37.3 Å². The zero-order valence-electron chi connectivity index (χ0n) is 8.73. The maximum Gasteiger partial charge on any atom is 0.253 e. The molecule has 0 atom stereocenters. The quantitative estimate of drug-likeness (QED) is 0.838. The maximum atomic E-state index is 12.1. The second-order valence-electron chi connectivity index (χ2n) is 3.05. The summed E-state index contributed by atoms with van der Waals surface area (Å²) < 4.78 is 26.8. The van der Waals surface area contributed by atoms with Crippen molar-refractivity contribution in [1.29, 1.82) is 0 Å². The molecule has 0 bridgehead atoms. The van der Waals surface area contributed by atoms with Crippen molar-refractivity contribution in [3.8, 4) is 0 Å². The molecule has 0 aliphatic rings. The van der Waals surface area contributed by atoms with Gasteiger partial charge in [0.1, 0.15) is 4.21 Å². The molecule has 0 spiro atoms. The fourth-order valence-electron chi connectivity index (χ4n) is 1.28. The van der Waals surface area contributed by atoms with Crippen LogP contribution in [0.1, 0.15) is 20.3 Å². The number of hydrogen-bond donors (Lipinski definition) is 0. The molecule has 1 aromatic heterocycles. The summed E-state index contributed by atoms with van der Waals surface area (Å²) in [5.74, 6) is 0. The van der Waals surface area contributed by atoms with Crippen molar-refractivity contribution in [3.63, 3.8) is 0 Å². The van der Waals surface area contributed by atoms with Crippen molar-refractivity contribution in [2.75, 3.05) is 13.1 Å². The molecule has 0 unspecified atom stereocenters. The lowest BCUT2D eigenvalue weighted by Gasteiger charge is -2.18. The molecule has 6 heteroatoms. The van der Waals surface area contributed by atoms with E-state index in [1.54, 1.807) is 11.4 Å². The van der Waals surface area contributed by atoms with E-state index in [0.717, 1.165) is 6.42 Å². The first kappa shape index (κ1) is 13.2. The van der Waals surface area contributed by atoms with E-state index in [2.05, 4.69) is 15.9 Å². The van der Waals surface area contributed by atoms with Gasteiger partial charge in [0.05, 0.1) is 0 Å². The van der Waals surface area contributed by atoms with E-state index in [0.29, 0.717) is 21.8 Å². The first-order valence-corrected chi connectivity index (χ1v) is 7.88. The summed E-state index contributed by atoms with van der Waals surface area (Å²) in [6.07, 6.45) is 0.829. The van der Waals surface area contributed by atoms with Crippen molar-refractivity contribution < 1.29 is 8.42 Å². The summed E-state index contributed by atoms with van der Waals surface area (Å²) in [5, 5.41) is 1.77. The Bertz CT molecular complexity index is 414. The van der Waals surface area contributed by atoms with Crippen LogP contribution in [0.15, 0.2) is 20.1 Å². The fourth-order valence-corrected chi connectivity index (χ4v) is 5.27. The number of nitrogens with zero attached hydrogens (tertiary/aromatic N) is 1. The first-order chi connectivity index (χ1) is 7.04. The Morgan fingerprint density at radius 1 is 1.47 bits per heavy atom. The Balaban J connectivity index is 3.06. The summed E-state index contributed by atoms with van der Waals surface area (Å²) in [5.41, 5.74) is 0. The molecule has 0 aromatic carbocycles. The Morgan fingerprint density at radius 3 is 2.53 bits per heavy atom. The lowest BCUT2D eigenvalue weighted by atomic mass is 10.5. The van der Waals surface area contributed by atoms with Gasteiger partial charge in [0.25, 0.3) is 10.0 Å². The molecular formula is C9H14BrNO2S2. The highest BCUT2D eigenvalue weighted by atomic mass is 79.9. The number of rotatable bonds is 5. The van der Waals surface area contributed by atoms with E-state index in [4.69, 9.17) is 0 Å². The van der Waals surface area contributed by atoms with E-state index in [1.165, 1.54) is 15.6 Å². The summed E-state index contributed by atoms with van der Waals surface area (Å²) in [4.78, 5) is 0. The van der Waals surface area contributed by atoms with Crippen LogP contribution in [-0.2, 0) is 10.0 Å². The minimum absolute atomic E-state index is 0.401. The van der Waals surface area contributed by atoms with Crippen LogP contribution in [0.2, 0.25) is 0 Å². The third-order valence-electron chi connectivity index (χ3n) is 1.98. The van der Waals surface area contributed by atoms with Gasteiger partial charge in [-0.05, 0) is 33.8 Å². The van der Waals surface area contributed by atoms with E-state index < -0.39 is 10.0 Å². The van der Waals surface area contributed by atoms with Gasteiger partial charge in [-0.3, -0.25) is 0 Å². The first-order valence-electron chi connectivity index (χ1n) is 4.77. The van der Waals surface area contributed by atoms with Crippen LogP contribution in [0.3, 0.4) is 0 Å². The summed E-state index contributed by atoms with van der Waals surface area (Å²) in [6.45, 7) is 4.92. The third kappa shape index (κ3) is 2.81. The average molecular weight is 312 g/mol. The van der Waals surface area contributed by atoms with Crippen molar-refractivity contribution in [2.24, 2.45) is 0 Å². The van der Waals surface area contributed by atoms with Crippen LogP contribution in [0.5, 0.6) is 0 Å². The smallest absolute Gasteiger partial charge is 0.206 e. The van der Waals surface area contributed by atoms with Gasteiger partial charge in [0.15, 0.2) is 0 Å². The van der Waals surface area contributed by atoms with Crippen LogP contribution in [0, 0.1) is 0 Å². The van der Waals surface area contributed by atoms with Crippen LogP contribution in [0.25, 0.3) is 0 Å². The summed E-state index contributed by atoms with van der Waals surface area (Å²) in [7, 11) is -3.30. The normalized spacial score (nSPS) is 12.3. The largest absolute Gasteiger partial charge is 0.253 e. The topological polar surface area (TPSA) is 37.4 Å². The Labute approximate surface area is 103 Å². The van der Waals surface area contributed by atoms with Crippen LogP contribution >= 0.6 is 27.3 Å². The van der Waals surface area contributed by atoms with Gasteiger partial charge in [-0.15, -0.1) is 11.3 Å². The predicted octanol–water partition coefficient (Wildman–Crippen LogP) is 2.93. The lowest BCUT2D eigenvalue weighted by molar-refractivity contribution is 0.428. The van der Waals surface area contributed by atoms with E-state index in [1.807, 2.05) is 13.8 Å². The van der Waals surface area contributed by atoms with Crippen molar-refractivity contribution in [1.82, 2.24) is 4.31 Å². The standard InChI is InChI=1S/C9H14BrNO2S2/c1-3-6-11(4-2)15(12,13)9-8(10)5-7-14-9/h5,7H,3-4,6H2,1-2H3. The third-order valence-corrected chi connectivity index (χ3v) is 6.61. The molecule has 0 aliphatic heterocycles. The Hall–Kier alpha value is 0.0900. The summed E-state index contributed by atoms with van der Waals surface area (Å²) in [6, 6.07) is 1.76. The van der Waals surface area contributed by atoms with Crippen molar-refractivity contribution in [3.05, 3.63) is 15.9 Å². The van der Waals surface area contributed by atoms with E-state index >= 15 is 0 Å². The molecule has 86 valence electrons. The maximum absolute atomic E-state index is 12.1. The van der Waals surface area contributed by atoms with Crippen LogP contribution < -0.4 is 0 Å². The molecule has 0 saturated carbocycles. The molecular weight excluding hydrogens is 298 g/mol. The molecule has 0 fully saturated rings. The van der Waals surface area contributed by atoms with Gasteiger partial charge in [0, 0.05) is 17.6 Å². The molecule has 15 heavy (non-hydrogen) atoms. The minimum Gasteiger partial charge on any atom is -0.206 e. The molecule has 1 heterocycles. The Morgan fingerprint density at radius 2 is 2.13 bits per heavy atom. The zero-order valence-corrected chi connectivity index (χ0v) is 12.0. The fraction of sp³-hybridized carbons (Fsp3) is 0.556.